The monoisotopic (exact) mass is 330 g/mol. The van der Waals surface area contributed by atoms with Gasteiger partial charge in [0.2, 0.25) is 0 Å². The molecule has 1 aliphatic rings. The summed E-state index contributed by atoms with van der Waals surface area (Å²) in [7, 11) is 0. The van der Waals surface area contributed by atoms with Gasteiger partial charge in [0.1, 0.15) is 0 Å². The number of hydrogen-bond donors (Lipinski definition) is 3. The maximum Gasteiger partial charge on any atom is 0.315 e. The Morgan fingerprint density at radius 2 is 2.00 bits per heavy atom. The quantitative estimate of drug-likeness (QED) is 0.736. The minimum Gasteiger partial charge on any atom is -0.390 e. The molecule has 0 radical (unpaired) electrons. The lowest BCUT2D eigenvalue weighted by atomic mass is 9.99. The molecule has 0 bridgehead atoms. The third-order valence-corrected chi connectivity index (χ3v) is 4.38. The van der Waals surface area contributed by atoms with Crippen molar-refractivity contribution in [2.24, 2.45) is 5.92 Å². The highest BCUT2D eigenvalue weighted by molar-refractivity contribution is 5.73. The normalized spacial score (nSPS) is 17.0. The van der Waals surface area contributed by atoms with Crippen LogP contribution in [0.2, 0.25) is 0 Å². The number of likely N-dealkylation sites (tertiary alicyclic amines) is 1. The average molecular weight is 330 g/mol. The summed E-state index contributed by atoms with van der Waals surface area (Å²) in [4.78, 5) is 14.0. The van der Waals surface area contributed by atoms with Gasteiger partial charge >= 0.3 is 6.03 Å². The highest BCUT2D eigenvalue weighted by Crippen LogP contribution is 2.15. The van der Waals surface area contributed by atoms with Crippen LogP contribution < -0.4 is 10.6 Å². The number of amides is 2. The van der Waals surface area contributed by atoms with Gasteiger partial charge in [-0.25, -0.2) is 4.79 Å². The summed E-state index contributed by atoms with van der Waals surface area (Å²) < 4.78 is 0. The van der Waals surface area contributed by atoms with E-state index in [0.717, 1.165) is 24.6 Å². The molecule has 1 unspecified atom stereocenters. The van der Waals surface area contributed by atoms with Crippen molar-refractivity contribution < 1.29 is 9.90 Å². The number of nitriles is 1. The van der Waals surface area contributed by atoms with E-state index in [2.05, 4.69) is 28.5 Å². The lowest BCUT2D eigenvalue weighted by Crippen LogP contribution is -2.45. The summed E-state index contributed by atoms with van der Waals surface area (Å²) in [5.41, 5.74) is 1.52. The Kier molecular flexibility index (Phi) is 7.04. The molecule has 1 saturated heterocycles. The van der Waals surface area contributed by atoms with E-state index >= 15 is 0 Å². The molecule has 3 N–H and O–H groups in total. The fraction of sp³-hybridized carbons (Fsp3) is 0.556. The van der Waals surface area contributed by atoms with Gasteiger partial charge in [-0.05, 0) is 49.5 Å². The molecule has 1 heterocycles. The van der Waals surface area contributed by atoms with Gasteiger partial charge in [-0.3, -0.25) is 0 Å². The zero-order valence-electron chi connectivity index (χ0n) is 14.2. The topological polar surface area (TPSA) is 88.4 Å². The lowest BCUT2D eigenvalue weighted by molar-refractivity contribution is 0.0920. The van der Waals surface area contributed by atoms with Gasteiger partial charge in [0, 0.05) is 19.6 Å². The van der Waals surface area contributed by atoms with E-state index in [-0.39, 0.29) is 12.6 Å². The van der Waals surface area contributed by atoms with E-state index in [9.17, 15) is 9.90 Å². The lowest BCUT2D eigenvalue weighted by Gasteiger charge is -2.31. The highest BCUT2D eigenvalue weighted by Gasteiger charge is 2.18. The van der Waals surface area contributed by atoms with Crippen molar-refractivity contribution in [1.29, 1.82) is 5.26 Å². The number of rotatable bonds is 6. The average Bonchev–Trinajstić information content (AvgIpc) is 2.60. The van der Waals surface area contributed by atoms with Gasteiger partial charge in [-0.1, -0.05) is 19.1 Å². The molecule has 0 aliphatic carbocycles. The van der Waals surface area contributed by atoms with Crippen LogP contribution in [0.25, 0.3) is 0 Å². The Labute approximate surface area is 143 Å². The largest absolute Gasteiger partial charge is 0.390 e. The molecular formula is C18H26N4O2. The second-order valence-corrected chi connectivity index (χ2v) is 6.51. The van der Waals surface area contributed by atoms with Crippen LogP contribution in [0.15, 0.2) is 24.3 Å². The number of piperidine rings is 1. The third kappa shape index (κ3) is 6.19. The van der Waals surface area contributed by atoms with Gasteiger partial charge in [0.05, 0.1) is 17.7 Å². The molecule has 24 heavy (non-hydrogen) atoms. The van der Waals surface area contributed by atoms with Crippen LogP contribution in [-0.4, -0.2) is 48.3 Å². The fourth-order valence-electron chi connectivity index (χ4n) is 2.76. The zero-order valence-corrected chi connectivity index (χ0v) is 14.2. The minimum atomic E-state index is -0.556. The first kappa shape index (κ1) is 18.2. The first-order chi connectivity index (χ1) is 11.6. The number of urea groups is 1. The Morgan fingerprint density at radius 3 is 2.62 bits per heavy atom. The Hall–Kier alpha value is -2.10. The minimum absolute atomic E-state index is 0.241. The van der Waals surface area contributed by atoms with Crippen molar-refractivity contribution >= 4 is 6.03 Å². The number of hydrogen-bond acceptors (Lipinski definition) is 4. The third-order valence-electron chi connectivity index (χ3n) is 4.38. The fourth-order valence-corrected chi connectivity index (χ4v) is 2.76. The predicted octanol–water partition coefficient (Wildman–Crippen LogP) is 1.45. The van der Waals surface area contributed by atoms with Gasteiger partial charge in [-0.2, -0.15) is 5.26 Å². The van der Waals surface area contributed by atoms with Gasteiger partial charge in [0.25, 0.3) is 0 Å². The van der Waals surface area contributed by atoms with Crippen molar-refractivity contribution in [3.05, 3.63) is 35.4 Å². The second-order valence-electron chi connectivity index (χ2n) is 6.51. The molecule has 1 aromatic rings. The van der Waals surface area contributed by atoms with E-state index in [1.54, 1.807) is 12.1 Å². The molecule has 6 heteroatoms. The number of aliphatic hydroxyl groups excluding tert-OH is 1. The second kappa shape index (κ2) is 9.26. The summed E-state index contributed by atoms with van der Waals surface area (Å²) in [6, 6.07) is 8.82. The van der Waals surface area contributed by atoms with Gasteiger partial charge in [-0.15, -0.1) is 0 Å². The van der Waals surface area contributed by atoms with Crippen molar-refractivity contribution in [2.75, 3.05) is 26.2 Å². The summed E-state index contributed by atoms with van der Waals surface area (Å²) in [5, 5.41) is 24.2. The van der Waals surface area contributed by atoms with Crippen LogP contribution in [0.3, 0.4) is 0 Å². The van der Waals surface area contributed by atoms with Crippen LogP contribution in [0.4, 0.5) is 4.79 Å². The molecule has 0 spiro atoms. The summed E-state index contributed by atoms with van der Waals surface area (Å²) in [5.74, 6) is 0.768. The molecule has 6 nitrogen and oxygen atoms in total. The van der Waals surface area contributed by atoms with Crippen LogP contribution in [0.1, 0.15) is 30.9 Å². The molecule has 1 aliphatic heterocycles. The number of nitrogens with zero attached hydrogens (tertiary/aromatic N) is 2. The standard InChI is InChI=1S/C18H26N4O2/c1-14-6-8-22(9-7-14)13-17(23)12-21-18(24)20-11-16-4-2-15(10-19)3-5-16/h2-5,14,17,23H,6-9,11-13H2,1H3,(H2,20,21,24). The number of β-amino-alcohol motifs (C(OH)–C–C–N with tert-alkyl or cyclic N) is 1. The zero-order chi connectivity index (χ0) is 17.4. The van der Waals surface area contributed by atoms with Crippen LogP contribution in [0, 0.1) is 17.2 Å². The molecule has 0 aromatic heterocycles. The van der Waals surface area contributed by atoms with E-state index in [0.29, 0.717) is 18.7 Å². The molecule has 1 atom stereocenters. The molecule has 130 valence electrons. The predicted molar refractivity (Wildman–Crippen MR) is 92.2 cm³/mol. The summed E-state index contributed by atoms with van der Waals surface area (Å²) in [6.45, 7) is 5.52. The van der Waals surface area contributed by atoms with Crippen molar-refractivity contribution in [3.8, 4) is 6.07 Å². The molecule has 2 rings (SSSR count). The number of benzene rings is 1. The van der Waals surface area contributed by atoms with E-state index < -0.39 is 6.10 Å². The van der Waals surface area contributed by atoms with Crippen LogP contribution in [-0.2, 0) is 6.54 Å². The molecular weight excluding hydrogens is 304 g/mol. The smallest absolute Gasteiger partial charge is 0.315 e. The number of carbonyl (C=O) groups is 1. The van der Waals surface area contributed by atoms with E-state index in [1.165, 1.54) is 12.8 Å². The first-order valence-electron chi connectivity index (χ1n) is 8.48. The molecule has 1 fully saturated rings. The molecule has 0 saturated carbocycles. The maximum absolute atomic E-state index is 11.8. The van der Waals surface area contributed by atoms with Crippen LogP contribution >= 0.6 is 0 Å². The highest BCUT2D eigenvalue weighted by atomic mass is 16.3. The van der Waals surface area contributed by atoms with Gasteiger partial charge < -0.3 is 20.6 Å². The summed E-state index contributed by atoms with van der Waals surface area (Å²) in [6.07, 6.45) is 1.79. The van der Waals surface area contributed by atoms with Crippen molar-refractivity contribution in [1.82, 2.24) is 15.5 Å². The van der Waals surface area contributed by atoms with E-state index in [4.69, 9.17) is 5.26 Å². The Bertz CT molecular complexity index is 559. The number of aliphatic hydroxyl groups is 1. The Morgan fingerprint density at radius 1 is 1.33 bits per heavy atom. The molecule has 1 aromatic carbocycles. The first-order valence-corrected chi connectivity index (χ1v) is 8.48. The SMILES string of the molecule is CC1CCN(CC(O)CNC(=O)NCc2ccc(C#N)cc2)CC1. The molecule has 2 amide bonds. The number of carbonyl (C=O) groups excluding carboxylic acids is 1. The van der Waals surface area contributed by atoms with Crippen LogP contribution in [0.5, 0.6) is 0 Å². The Balaban J connectivity index is 1.62. The van der Waals surface area contributed by atoms with E-state index in [1.807, 2.05) is 12.1 Å². The summed E-state index contributed by atoms with van der Waals surface area (Å²) >= 11 is 0. The van der Waals surface area contributed by atoms with Crippen molar-refractivity contribution in [2.45, 2.75) is 32.4 Å². The van der Waals surface area contributed by atoms with Gasteiger partial charge in [0.15, 0.2) is 0 Å². The number of nitrogens with one attached hydrogen (secondary N) is 2. The van der Waals surface area contributed by atoms with Crippen molar-refractivity contribution in [3.63, 3.8) is 0 Å². The maximum atomic E-state index is 11.8.